The maximum atomic E-state index is 12.4. The molecule has 2 N–H and O–H groups in total. The molecule has 0 saturated carbocycles. The molecular weight excluding hydrogens is 296 g/mol. The summed E-state index contributed by atoms with van der Waals surface area (Å²) in [5.41, 5.74) is 1.98. The summed E-state index contributed by atoms with van der Waals surface area (Å²) >= 11 is 0. The van der Waals surface area contributed by atoms with Crippen LogP contribution < -0.4 is 5.32 Å². The fraction of sp³-hybridized carbons (Fsp3) is 0.500. The number of aryl methyl sites for hydroxylation is 1. The first-order chi connectivity index (χ1) is 10.9. The van der Waals surface area contributed by atoms with Gasteiger partial charge in [0.05, 0.1) is 23.2 Å². The first kappa shape index (κ1) is 16.9. The number of carbonyl (C=O) groups is 2. The normalized spacial score (nSPS) is 12.3. The highest BCUT2D eigenvalue weighted by Gasteiger charge is 2.17. The maximum absolute atomic E-state index is 12.4. The molecule has 1 amide bonds. The molecule has 7 nitrogen and oxygen atoms in total. The standard InChI is InChI=1S/C16H22N4O3/c1-4-11(3)20-15-13(9-18-20)12(8-10(2)19-15)16(23)17-7-5-6-14(21)22/h8-9,11H,4-7H2,1-3H3,(H,17,23)(H,21,22). The zero-order chi connectivity index (χ0) is 17.0. The number of amides is 1. The van der Waals surface area contributed by atoms with Gasteiger partial charge in [0.25, 0.3) is 5.91 Å². The monoisotopic (exact) mass is 318 g/mol. The first-order valence-corrected chi connectivity index (χ1v) is 7.78. The molecule has 0 saturated heterocycles. The quantitative estimate of drug-likeness (QED) is 0.764. The van der Waals surface area contributed by atoms with E-state index in [4.69, 9.17) is 5.11 Å². The van der Waals surface area contributed by atoms with Crippen molar-refractivity contribution >= 4 is 22.9 Å². The Morgan fingerprint density at radius 3 is 2.83 bits per heavy atom. The number of hydrogen-bond acceptors (Lipinski definition) is 4. The molecule has 0 bridgehead atoms. The zero-order valence-electron chi connectivity index (χ0n) is 13.7. The van der Waals surface area contributed by atoms with Gasteiger partial charge in [-0.15, -0.1) is 0 Å². The van der Waals surface area contributed by atoms with Gasteiger partial charge in [0.1, 0.15) is 0 Å². The van der Waals surface area contributed by atoms with Crippen LogP contribution in [0.3, 0.4) is 0 Å². The van der Waals surface area contributed by atoms with E-state index in [1.807, 2.05) is 11.6 Å². The van der Waals surface area contributed by atoms with Crippen molar-refractivity contribution in [3.63, 3.8) is 0 Å². The molecule has 0 spiro atoms. The smallest absolute Gasteiger partial charge is 0.303 e. The Morgan fingerprint density at radius 1 is 1.43 bits per heavy atom. The van der Waals surface area contributed by atoms with Gasteiger partial charge in [-0.05, 0) is 32.8 Å². The minimum absolute atomic E-state index is 0.0387. The number of aliphatic carboxylic acids is 1. The Labute approximate surface area is 134 Å². The van der Waals surface area contributed by atoms with Crippen molar-refractivity contribution < 1.29 is 14.7 Å². The van der Waals surface area contributed by atoms with Gasteiger partial charge in [-0.25, -0.2) is 9.67 Å². The lowest BCUT2D eigenvalue weighted by Crippen LogP contribution is -2.25. The molecule has 23 heavy (non-hydrogen) atoms. The molecule has 1 atom stereocenters. The van der Waals surface area contributed by atoms with Crippen molar-refractivity contribution in [3.8, 4) is 0 Å². The number of aromatic nitrogens is 3. The summed E-state index contributed by atoms with van der Waals surface area (Å²) in [5.74, 6) is -1.09. The molecule has 1 unspecified atom stereocenters. The van der Waals surface area contributed by atoms with Gasteiger partial charge in [0, 0.05) is 18.7 Å². The average molecular weight is 318 g/mol. The zero-order valence-corrected chi connectivity index (χ0v) is 13.7. The number of hydrogen-bond donors (Lipinski definition) is 2. The summed E-state index contributed by atoms with van der Waals surface area (Å²) in [6.07, 6.45) is 3.03. The van der Waals surface area contributed by atoms with Crippen LogP contribution in [0.4, 0.5) is 0 Å². The minimum atomic E-state index is -0.865. The van der Waals surface area contributed by atoms with Crippen LogP contribution in [-0.4, -0.2) is 38.3 Å². The Bertz CT molecular complexity index is 723. The van der Waals surface area contributed by atoms with Crippen LogP contribution >= 0.6 is 0 Å². The molecule has 2 heterocycles. The number of pyridine rings is 1. The van der Waals surface area contributed by atoms with Gasteiger partial charge in [-0.2, -0.15) is 5.10 Å². The minimum Gasteiger partial charge on any atom is -0.481 e. The number of nitrogens with one attached hydrogen (secondary N) is 1. The first-order valence-electron chi connectivity index (χ1n) is 7.78. The maximum Gasteiger partial charge on any atom is 0.303 e. The van der Waals surface area contributed by atoms with E-state index in [-0.39, 0.29) is 18.4 Å². The van der Waals surface area contributed by atoms with Crippen LogP contribution in [0.1, 0.15) is 55.2 Å². The van der Waals surface area contributed by atoms with E-state index in [1.165, 1.54) is 0 Å². The second-order valence-electron chi connectivity index (χ2n) is 5.65. The van der Waals surface area contributed by atoms with Crippen molar-refractivity contribution in [3.05, 3.63) is 23.5 Å². The molecule has 7 heteroatoms. The summed E-state index contributed by atoms with van der Waals surface area (Å²) in [6, 6.07) is 1.94. The SMILES string of the molecule is CCC(C)n1ncc2c(C(=O)NCCCC(=O)O)cc(C)nc21. The fourth-order valence-electron chi connectivity index (χ4n) is 2.36. The highest BCUT2D eigenvalue weighted by atomic mass is 16.4. The molecule has 0 aliphatic heterocycles. The lowest BCUT2D eigenvalue weighted by Gasteiger charge is -2.11. The van der Waals surface area contributed by atoms with Crippen molar-refractivity contribution in [2.75, 3.05) is 6.54 Å². The number of fused-ring (bicyclic) bond motifs is 1. The molecule has 0 aromatic carbocycles. The molecule has 0 fully saturated rings. The second kappa shape index (κ2) is 7.21. The van der Waals surface area contributed by atoms with Crippen molar-refractivity contribution in [1.29, 1.82) is 0 Å². The lowest BCUT2D eigenvalue weighted by atomic mass is 10.1. The third-order valence-electron chi connectivity index (χ3n) is 3.80. The van der Waals surface area contributed by atoms with Gasteiger partial charge in [-0.3, -0.25) is 9.59 Å². The summed E-state index contributed by atoms with van der Waals surface area (Å²) in [4.78, 5) is 27.4. The molecule has 0 aliphatic rings. The Kier molecular flexibility index (Phi) is 5.31. The van der Waals surface area contributed by atoms with Crippen LogP contribution in [0.2, 0.25) is 0 Å². The van der Waals surface area contributed by atoms with Crippen LogP contribution in [-0.2, 0) is 4.79 Å². The van der Waals surface area contributed by atoms with Gasteiger partial charge in [0.15, 0.2) is 5.65 Å². The van der Waals surface area contributed by atoms with Crippen LogP contribution in [0.25, 0.3) is 11.0 Å². The van der Waals surface area contributed by atoms with E-state index in [0.717, 1.165) is 12.1 Å². The summed E-state index contributed by atoms with van der Waals surface area (Å²) < 4.78 is 1.84. The molecule has 0 aliphatic carbocycles. The van der Waals surface area contributed by atoms with Crippen molar-refractivity contribution in [1.82, 2.24) is 20.1 Å². The van der Waals surface area contributed by atoms with Crippen LogP contribution in [0.5, 0.6) is 0 Å². The highest BCUT2D eigenvalue weighted by molar-refractivity contribution is 6.05. The van der Waals surface area contributed by atoms with E-state index in [9.17, 15) is 9.59 Å². The number of carboxylic acid groups (broad SMARTS) is 1. The van der Waals surface area contributed by atoms with E-state index in [1.54, 1.807) is 12.3 Å². The molecule has 2 aromatic rings. The van der Waals surface area contributed by atoms with E-state index in [0.29, 0.717) is 29.6 Å². The largest absolute Gasteiger partial charge is 0.481 e. The Hall–Kier alpha value is -2.44. The van der Waals surface area contributed by atoms with Gasteiger partial charge in [-0.1, -0.05) is 6.92 Å². The van der Waals surface area contributed by atoms with Crippen molar-refractivity contribution in [2.45, 2.75) is 46.1 Å². The number of rotatable bonds is 7. The predicted octanol–water partition coefficient (Wildman–Crippen LogP) is 2.31. The molecule has 2 rings (SSSR count). The van der Waals surface area contributed by atoms with Crippen molar-refractivity contribution in [2.24, 2.45) is 0 Å². The highest BCUT2D eigenvalue weighted by Crippen LogP contribution is 2.22. The Morgan fingerprint density at radius 2 is 2.17 bits per heavy atom. The number of carbonyl (C=O) groups excluding carboxylic acids is 1. The predicted molar refractivity (Wildman–Crippen MR) is 86.5 cm³/mol. The molecule has 0 radical (unpaired) electrons. The van der Waals surface area contributed by atoms with E-state index in [2.05, 4.69) is 29.2 Å². The summed E-state index contributed by atoms with van der Waals surface area (Å²) in [7, 11) is 0. The Balaban J connectivity index is 2.24. The second-order valence-corrected chi connectivity index (χ2v) is 5.65. The lowest BCUT2D eigenvalue weighted by molar-refractivity contribution is -0.137. The molecule has 124 valence electrons. The molecule has 2 aromatic heterocycles. The number of nitrogens with zero attached hydrogens (tertiary/aromatic N) is 3. The third kappa shape index (κ3) is 3.85. The summed E-state index contributed by atoms with van der Waals surface area (Å²) in [5, 5.41) is 16.5. The third-order valence-corrected chi connectivity index (χ3v) is 3.80. The van der Waals surface area contributed by atoms with E-state index >= 15 is 0 Å². The van der Waals surface area contributed by atoms with E-state index < -0.39 is 5.97 Å². The van der Waals surface area contributed by atoms with Gasteiger partial charge in [0.2, 0.25) is 0 Å². The van der Waals surface area contributed by atoms with Gasteiger partial charge >= 0.3 is 5.97 Å². The fourth-order valence-corrected chi connectivity index (χ4v) is 2.36. The van der Waals surface area contributed by atoms with Crippen LogP contribution in [0.15, 0.2) is 12.3 Å². The average Bonchev–Trinajstić information content (AvgIpc) is 2.93. The van der Waals surface area contributed by atoms with Gasteiger partial charge < -0.3 is 10.4 Å². The number of carboxylic acids is 1. The topological polar surface area (TPSA) is 97.1 Å². The van der Waals surface area contributed by atoms with Crippen LogP contribution in [0, 0.1) is 6.92 Å². The summed E-state index contributed by atoms with van der Waals surface area (Å²) in [6.45, 7) is 6.30. The molecular formula is C16H22N4O3.